The lowest BCUT2D eigenvalue weighted by molar-refractivity contribution is -0.134. The average molecular weight is 402 g/mol. The van der Waals surface area contributed by atoms with Crippen LogP contribution in [0.25, 0.3) is 0 Å². The molecule has 12 heteroatoms. The first-order valence-corrected chi connectivity index (χ1v) is 9.47. The minimum atomic E-state index is -4.24. The number of nitrogens with one attached hydrogen (secondary N) is 2. The summed E-state index contributed by atoms with van der Waals surface area (Å²) in [6.45, 7) is -0.158. The van der Waals surface area contributed by atoms with Crippen molar-refractivity contribution in [1.82, 2.24) is 19.8 Å². The molecule has 27 heavy (non-hydrogen) atoms. The van der Waals surface area contributed by atoms with E-state index in [2.05, 4.69) is 5.32 Å². The standard InChI is InChI=1S/C15H16F2N4O5S/c16-9-1-2-10(17)12(7-9)27(25,26)21-5-3-20(4-6-21)13(22)8-11-14(23)19-15(24)18-11/h1-2,7,11H,3-6,8H2,(H2,18,19,23,24)/t11-/m1/s1. The summed E-state index contributed by atoms with van der Waals surface area (Å²) in [6, 6.07) is 0.536. The first-order chi connectivity index (χ1) is 12.7. The molecule has 0 radical (unpaired) electrons. The second-order valence-corrected chi connectivity index (χ2v) is 7.99. The molecule has 2 aliphatic rings. The number of hydrogen-bond donors (Lipinski definition) is 2. The van der Waals surface area contributed by atoms with Gasteiger partial charge in [-0.25, -0.2) is 22.0 Å². The van der Waals surface area contributed by atoms with Crippen LogP contribution in [-0.2, 0) is 19.6 Å². The molecule has 2 saturated heterocycles. The predicted molar refractivity (Wildman–Crippen MR) is 86.8 cm³/mol. The van der Waals surface area contributed by atoms with E-state index in [9.17, 15) is 31.6 Å². The van der Waals surface area contributed by atoms with Crippen LogP contribution >= 0.6 is 0 Å². The van der Waals surface area contributed by atoms with Crippen LogP contribution in [0.15, 0.2) is 23.1 Å². The number of imide groups is 1. The van der Waals surface area contributed by atoms with Gasteiger partial charge in [0.1, 0.15) is 22.6 Å². The van der Waals surface area contributed by atoms with Crippen LogP contribution in [-0.4, -0.2) is 67.7 Å². The van der Waals surface area contributed by atoms with Gasteiger partial charge in [0.2, 0.25) is 15.9 Å². The van der Waals surface area contributed by atoms with Crippen molar-refractivity contribution < 1.29 is 31.6 Å². The number of halogens is 2. The summed E-state index contributed by atoms with van der Waals surface area (Å²) >= 11 is 0. The number of carbonyl (C=O) groups is 3. The fourth-order valence-corrected chi connectivity index (χ4v) is 4.40. The van der Waals surface area contributed by atoms with Crippen molar-refractivity contribution >= 4 is 27.9 Å². The van der Waals surface area contributed by atoms with Crippen molar-refractivity contribution in [1.29, 1.82) is 0 Å². The summed E-state index contributed by atoms with van der Waals surface area (Å²) in [5, 5.41) is 4.33. The van der Waals surface area contributed by atoms with Gasteiger partial charge in [-0.2, -0.15) is 4.31 Å². The molecule has 2 N–H and O–H groups in total. The zero-order valence-electron chi connectivity index (χ0n) is 13.9. The Morgan fingerprint density at radius 2 is 1.81 bits per heavy atom. The van der Waals surface area contributed by atoms with Crippen LogP contribution < -0.4 is 10.6 Å². The van der Waals surface area contributed by atoms with E-state index in [1.165, 1.54) is 4.90 Å². The first kappa shape index (κ1) is 19.2. The molecule has 0 unspecified atom stereocenters. The molecule has 2 aliphatic heterocycles. The number of amides is 4. The number of carbonyl (C=O) groups excluding carboxylic acids is 3. The Kier molecular flexibility index (Phi) is 5.11. The third-order valence-electron chi connectivity index (χ3n) is 4.34. The van der Waals surface area contributed by atoms with E-state index in [4.69, 9.17) is 0 Å². The molecule has 0 spiro atoms. The largest absolute Gasteiger partial charge is 0.340 e. The summed E-state index contributed by atoms with van der Waals surface area (Å²) < 4.78 is 53.1. The molecule has 2 heterocycles. The quantitative estimate of drug-likeness (QED) is 0.653. The second-order valence-electron chi connectivity index (χ2n) is 6.08. The minimum Gasteiger partial charge on any atom is -0.340 e. The number of urea groups is 1. The van der Waals surface area contributed by atoms with Gasteiger partial charge in [-0.05, 0) is 18.2 Å². The molecule has 0 saturated carbocycles. The van der Waals surface area contributed by atoms with Crippen LogP contribution in [0.1, 0.15) is 6.42 Å². The number of benzene rings is 1. The van der Waals surface area contributed by atoms with Gasteiger partial charge in [0.05, 0.1) is 6.42 Å². The number of rotatable bonds is 4. The maximum absolute atomic E-state index is 13.8. The number of sulfonamides is 1. The molecule has 0 bridgehead atoms. The SMILES string of the molecule is O=C1NC(=O)[C@@H](CC(=O)N2CCN(S(=O)(=O)c3cc(F)ccc3F)CC2)N1. The van der Waals surface area contributed by atoms with Crippen molar-refractivity contribution in [2.24, 2.45) is 0 Å². The highest BCUT2D eigenvalue weighted by Gasteiger charge is 2.35. The molecular formula is C15H16F2N4O5S. The highest BCUT2D eigenvalue weighted by atomic mass is 32.2. The highest BCUT2D eigenvalue weighted by molar-refractivity contribution is 7.89. The molecule has 4 amide bonds. The zero-order valence-corrected chi connectivity index (χ0v) is 14.8. The van der Waals surface area contributed by atoms with E-state index >= 15 is 0 Å². The molecule has 2 fully saturated rings. The Labute approximate surface area is 153 Å². The summed E-state index contributed by atoms with van der Waals surface area (Å²) in [7, 11) is -4.24. The normalized spacial score (nSPS) is 21.1. The highest BCUT2D eigenvalue weighted by Crippen LogP contribution is 2.22. The molecule has 146 valence electrons. The Morgan fingerprint density at radius 1 is 1.15 bits per heavy atom. The van der Waals surface area contributed by atoms with Gasteiger partial charge in [-0.15, -0.1) is 0 Å². The minimum absolute atomic E-state index is 0.0251. The van der Waals surface area contributed by atoms with E-state index in [1.807, 2.05) is 5.32 Å². The van der Waals surface area contributed by atoms with E-state index in [0.717, 1.165) is 16.4 Å². The van der Waals surface area contributed by atoms with Gasteiger partial charge in [-0.3, -0.25) is 14.9 Å². The van der Waals surface area contributed by atoms with Crippen molar-refractivity contribution in [3.8, 4) is 0 Å². The lowest BCUT2D eigenvalue weighted by Gasteiger charge is -2.34. The second kappa shape index (κ2) is 7.19. The molecule has 0 aromatic heterocycles. The van der Waals surface area contributed by atoms with Crippen LogP contribution in [0.3, 0.4) is 0 Å². The maximum atomic E-state index is 13.8. The summed E-state index contributed by atoms with van der Waals surface area (Å²) in [4.78, 5) is 35.4. The first-order valence-electron chi connectivity index (χ1n) is 8.03. The van der Waals surface area contributed by atoms with Gasteiger partial charge in [0.25, 0.3) is 5.91 Å². The summed E-state index contributed by atoms with van der Waals surface area (Å²) in [5.41, 5.74) is 0. The Morgan fingerprint density at radius 3 is 2.41 bits per heavy atom. The maximum Gasteiger partial charge on any atom is 0.322 e. The third-order valence-corrected chi connectivity index (χ3v) is 6.25. The third kappa shape index (κ3) is 3.90. The Balaban J connectivity index is 1.63. The topological polar surface area (TPSA) is 116 Å². The fourth-order valence-electron chi connectivity index (χ4n) is 2.90. The van der Waals surface area contributed by atoms with E-state index < -0.39 is 50.4 Å². The predicted octanol–water partition coefficient (Wildman–Crippen LogP) is -0.604. The van der Waals surface area contributed by atoms with Crippen LogP contribution in [0.2, 0.25) is 0 Å². The lowest BCUT2D eigenvalue weighted by atomic mass is 10.2. The van der Waals surface area contributed by atoms with Crippen LogP contribution in [0.5, 0.6) is 0 Å². The Hall–Kier alpha value is -2.60. The molecule has 9 nitrogen and oxygen atoms in total. The van der Waals surface area contributed by atoms with Gasteiger partial charge in [0.15, 0.2) is 0 Å². The summed E-state index contributed by atoms with van der Waals surface area (Å²) in [5.74, 6) is -2.96. The van der Waals surface area contributed by atoms with Gasteiger partial charge in [0, 0.05) is 26.2 Å². The van der Waals surface area contributed by atoms with Crippen molar-refractivity contribution in [3.63, 3.8) is 0 Å². The van der Waals surface area contributed by atoms with Crippen molar-refractivity contribution in [2.75, 3.05) is 26.2 Å². The Bertz CT molecular complexity index is 899. The molecule has 1 aromatic carbocycles. The fraction of sp³-hybridized carbons (Fsp3) is 0.400. The molecule has 1 aromatic rings. The van der Waals surface area contributed by atoms with Gasteiger partial charge < -0.3 is 10.2 Å². The molecule has 0 aliphatic carbocycles. The number of piperazine rings is 1. The van der Waals surface area contributed by atoms with E-state index in [-0.39, 0.29) is 32.6 Å². The van der Waals surface area contributed by atoms with Crippen molar-refractivity contribution in [2.45, 2.75) is 17.4 Å². The van der Waals surface area contributed by atoms with Gasteiger partial charge in [-0.1, -0.05) is 0 Å². The number of nitrogens with zero attached hydrogens (tertiary/aromatic N) is 2. The smallest absolute Gasteiger partial charge is 0.322 e. The molecule has 3 rings (SSSR count). The van der Waals surface area contributed by atoms with Crippen LogP contribution in [0.4, 0.5) is 13.6 Å². The lowest BCUT2D eigenvalue weighted by Crippen LogP contribution is -2.51. The zero-order chi connectivity index (χ0) is 19.8. The summed E-state index contributed by atoms with van der Waals surface area (Å²) in [6.07, 6.45) is -0.247. The van der Waals surface area contributed by atoms with E-state index in [0.29, 0.717) is 6.07 Å². The van der Waals surface area contributed by atoms with E-state index in [1.54, 1.807) is 0 Å². The molecule has 1 atom stereocenters. The van der Waals surface area contributed by atoms with Gasteiger partial charge >= 0.3 is 6.03 Å². The average Bonchev–Trinajstić information content (AvgIpc) is 2.94. The monoisotopic (exact) mass is 402 g/mol. The van der Waals surface area contributed by atoms with Crippen molar-refractivity contribution in [3.05, 3.63) is 29.8 Å². The van der Waals surface area contributed by atoms with Crippen LogP contribution in [0, 0.1) is 11.6 Å². The number of hydrogen-bond acceptors (Lipinski definition) is 5. The molecular weight excluding hydrogens is 386 g/mol.